The van der Waals surface area contributed by atoms with Crippen LogP contribution >= 0.6 is 11.6 Å². The number of nitrogens with zero attached hydrogens (tertiary/aromatic N) is 2. The Labute approximate surface area is 156 Å². The van der Waals surface area contributed by atoms with Crippen LogP contribution in [0.25, 0.3) is 0 Å². The van der Waals surface area contributed by atoms with Crippen LogP contribution in [0, 0.1) is 5.92 Å². The second-order valence-corrected chi connectivity index (χ2v) is 8.02. The Bertz CT molecular complexity index is 541. The van der Waals surface area contributed by atoms with Crippen molar-refractivity contribution in [1.82, 2.24) is 9.80 Å². The molecule has 2 aliphatic rings. The van der Waals surface area contributed by atoms with E-state index in [9.17, 15) is 4.39 Å². The lowest BCUT2D eigenvalue weighted by Gasteiger charge is -2.44. The lowest BCUT2D eigenvalue weighted by Crippen LogP contribution is -2.49. The largest absolute Gasteiger partial charge is 0.377 e. The summed E-state index contributed by atoms with van der Waals surface area (Å²) in [5.41, 5.74) is 1.42. The molecule has 0 aliphatic carbocycles. The van der Waals surface area contributed by atoms with Gasteiger partial charge in [0.25, 0.3) is 0 Å². The molecule has 2 saturated heterocycles. The maximum atomic E-state index is 12.1. The van der Waals surface area contributed by atoms with Gasteiger partial charge in [-0.25, -0.2) is 4.39 Å². The number of fused-ring (bicyclic) bond motifs is 2. The molecule has 2 heterocycles. The molecular formula is C20H30ClFN2O. The van der Waals surface area contributed by atoms with Gasteiger partial charge in [0.2, 0.25) is 0 Å². The summed E-state index contributed by atoms with van der Waals surface area (Å²) < 4.78 is 17.5. The summed E-state index contributed by atoms with van der Waals surface area (Å²) in [6.07, 6.45) is 3.83. The van der Waals surface area contributed by atoms with Crippen LogP contribution in [-0.4, -0.2) is 69.0 Å². The van der Waals surface area contributed by atoms with Crippen LogP contribution in [0.1, 0.15) is 30.7 Å². The van der Waals surface area contributed by atoms with E-state index in [1.807, 2.05) is 12.1 Å². The zero-order valence-electron chi connectivity index (χ0n) is 15.3. The van der Waals surface area contributed by atoms with Crippen molar-refractivity contribution in [3.8, 4) is 0 Å². The Kier molecular flexibility index (Phi) is 6.73. The highest BCUT2D eigenvalue weighted by atomic mass is 35.5. The highest BCUT2D eigenvalue weighted by Crippen LogP contribution is 2.46. The van der Waals surface area contributed by atoms with Crippen molar-refractivity contribution in [2.45, 2.75) is 37.3 Å². The first kappa shape index (κ1) is 19.1. The third kappa shape index (κ3) is 4.54. The van der Waals surface area contributed by atoms with E-state index in [-0.39, 0.29) is 6.61 Å². The first-order chi connectivity index (χ1) is 12.1. The van der Waals surface area contributed by atoms with Gasteiger partial charge >= 0.3 is 0 Å². The van der Waals surface area contributed by atoms with E-state index in [1.54, 1.807) is 0 Å². The average Bonchev–Trinajstić information content (AvgIpc) is 2.85. The van der Waals surface area contributed by atoms with Crippen molar-refractivity contribution in [2.75, 3.05) is 47.1 Å². The first-order valence-corrected chi connectivity index (χ1v) is 9.77. The summed E-state index contributed by atoms with van der Waals surface area (Å²) in [5.74, 6) is 1.19. The highest BCUT2D eigenvalue weighted by molar-refractivity contribution is 6.30. The molecule has 25 heavy (non-hydrogen) atoms. The quantitative estimate of drug-likeness (QED) is 0.649. The van der Waals surface area contributed by atoms with Gasteiger partial charge in [-0.3, -0.25) is 0 Å². The van der Waals surface area contributed by atoms with Crippen LogP contribution < -0.4 is 0 Å². The molecule has 4 atom stereocenters. The van der Waals surface area contributed by atoms with Gasteiger partial charge in [0.15, 0.2) is 0 Å². The van der Waals surface area contributed by atoms with E-state index in [4.69, 9.17) is 16.3 Å². The number of likely N-dealkylation sites (N-methyl/N-ethyl adjacent to an activating group) is 1. The molecule has 3 rings (SSSR count). The molecule has 2 aliphatic heterocycles. The zero-order chi connectivity index (χ0) is 17.8. The molecule has 2 fully saturated rings. The third-order valence-electron chi connectivity index (χ3n) is 6.09. The van der Waals surface area contributed by atoms with Crippen molar-refractivity contribution < 1.29 is 9.13 Å². The number of hydrogen-bond donors (Lipinski definition) is 0. The van der Waals surface area contributed by atoms with Crippen LogP contribution in [-0.2, 0) is 4.74 Å². The minimum absolute atomic E-state index is 0.206. The number of ether oxygens (including phenoxy) is 1. The molecular weight excluding hydrogens is 339 g/mol. The fraction of sp³-hybridized carbons (Fsp3) is 0.700. The second kappa shape index (κ2) is 8.81. The monoisotopic (exact) mass is 368 g/mol. The molecule has 140 valence electrons. The fourth-order valence-electron chi connectivity index (χ4n) is 4.75. The predicted octanol–water partition coefficient (Wildman–Crippen LogP) is 3.82. The van der Waals surface area contributed by atoms with E-state index in [2.05, 4.69) is 36.0 Å². The molecule has 0 N–H and O–H groups in total. The van der Waals surface area contributed by atoms with Crippen molar-refractivity contribution in [3.63, 3.8) is 0 Å². The van der Waals surface area contributed by atoms with Crippen molar-refractivity contribution in [1.29, 1.82) is 0 Å². The van der Waals surface area contributed by atoms with E-state index in [0.717, 1.165) is 18.1 Å². The maximum Gasteiger partial charge on any atom is 0.113 e. The number of alkyl halides is 1. The molecule has 2 bridgehead atoms. The number of halogens is 2. The molecule has 3 nitrogen and oxygen atoms in total. The molecule has 0 unspecified atom stereocenters. The zero-order valence-corrected chi connectivity index (χ0v) is 16.1. The number of rotatable bonds is 8. The van der Waals surface area contributed by atoms with Gasteiger partial charge in [0, 0.05) is 30.2 Å². The number of hydrogen-bond acceptors (Lipinski definition) is 3. The van der Waals surface area contributed by atoms with Gasteiger partial charge in [-0.2, -0.15) is 0 Å². The van der Waals surface area contributed by atoms with Crippen LogP contribution in [0.4, 0.5) is 4.39 Å². The number of piperidine rings is 1. The van der Waals surface area contributed by atoms with Gasteiger partial charge in [-0.15, -0.1) is 0 Å². The molecule has 0 spiro atoms. The van der Waals surface area contributed by atoms with Crippen molar-refractivity contribution in [3.05, 3.63) is 34.9 Å². The van der Waals surface area contributed by atoms with Crippen LogP contribution in [0.15, 0.2) is 24.3 Å². The van der Waals surface area contributed by atoms with Gasteiger partial charge < -0.3 is 14.5 Å². The van der Waals surface area contributed by atoms with Gasteiger partial charge in [-0.1, -0.05) is 23.7 Å². The second-order valence-electron chi connectivity index (χ2n) is 7.59. The summed E-state index contributed by atoms with van der Waals surface area (Å²) in [5, 5.41) is 0.804. The van der Waals surface area contributed by atoms with Crippen molar-refractivity contribution >= 4 is 11.6 Å². The van der Waals surface area contributed by atoms with Gasteiger partial charge in [0.05, 0.1) is 13.2 Å². The Morgan fingerprint density at radius 3 is 2.72 bits per heavy atom. The average molecular weight is 369 g/mol. The van der Waals surface area contributed by atoms with Crippen LogP contribution in [0.3, 0.4) is 0 Å². The third-order valence-corrected chi connectivity index (χ3v) is 6.34. The standard InChI is InChI=1S/C20H30ClFN2O/c1-23(10-12-25-11-9-22)14-19-18(15-3-5-16(21)6-4-15)13-17-7-8-20(19)24(17)2/h3-6,17-20H,7-14H2,1-2H3/t17-,18+,19-,20+/m0/s1. The number of benzene rings is 1. The van der Waals surface area contributed by atoms with Crippen molar-refractivity contribution in [2.24, 2.45) is 5.92 Å². The van der Waals surface area contributed by atoms with Crippen LogP contribution in [0.2, 0.25) is 5.02 Å². The summed E-state index contributed by atoms with van der Waals surface area (Å²) in [6, 6.07) is 9.80. The summed E-state index contributed by atoms with van der Waals surface area (Å²) >= 11 is 6.09. The summed E-state index contributed by atoms with van der Waals surface area (Å²) in [6.45, 7) is 2.30. The maximum absolute atomic E-state index is 12.1. The Morgan fingerprint density at radius 1 is 1.24 bits per heavy atom. The Morgan fingerprint density at radius 2 is 2.00 bits per heavy atom. The van der Waals surface area contributed by atoms with E-state index in [0.29, 0.717) is 30.5 Å². The molecule has 0 saturated carbocycles. The minimum Gasteiger partial charge on any atom is -0.377 e. The molecule has 1 aromatic rings. The Hall–Kier alpha value is -0.680. The highest BCUT2D eigenvalue weighted by Gasteiger charge is 2.45. The van der Waals surface area contributed by atoms with Gasteiger partial charge in [0.1, 0.15) is 6.67 Å². The predicted molar refractivity (Wildman–Crippen MR) is 101 cm³/mol. The fourth-order valence-corrected chi connectivity index (χ4v) is 4.87. The van der Waals surface area contributed by atoms with Crippen LogP contribution in [0.5, 0.6) is 0 Å². The van der Waals surface area contributed by atoms with E-state index < -0.39 is 6.67 Å². The Balaban J connectivity index is 1.68. The molecule has 5 heteroatoms. The smallest absolute Gasteiger partial charge is 0.113 e. The summed E-state index contributed by atoms with van der Waals surface area (Å²) in [7, 11) is 4.44. The normalized spacial score (nSPS) is 29.5. The van der Waals surface area contributed by atoms with E-state index >= 15 is 0 Å². The SMILES string of the molecule is CN(CCOCCF)C[C@H]1[C@@H](c2ccc(Cl)cc2)C[C@@H]2CC[C@H]1N2C. The molecule has 0 radical (unpaired) electrons. The lowest BCUT2D eigenvalue weighted by molar-refractivity contribution is 0.0601. The molecule has 0 aromatic heterocycles. The lowest BCUT2D eigenvalue weighted by atomic mass is 9.76. The van der Waals surface area contributed by atoms with Gasteiger partial charge in [-0.05, 0) is 62.9 Å². The molecule has 0 amide bonds. The minimum atomic E-state index is -0.404. The van der Waals surface area contributed by atoms with E-state index in [1.165, 1.54) is 24.8 Å². The topological polar surface area (TPSA) is 15.7 Å². The molecule has 1 aromatic carbocycles. The summed E-state index contributed by atoms with van der Waals surface area (Å²) in [4.78, 5) is 4.95. The first-order valence-electron chi connectivity index (χ1n) is 9.39.